The molecule has 154 valence electrons. The van der Waals surface area contributed by atoms with Gasteiger partial charge < -0.3 is 32.2 Å². The first-order valence-electron chi connectivity index (χ1n) is 8.67. The number of carboxylic acid groups (broad SMARTS) is 1. The second kappa shape index (κ2) is 9.99. The molecule has 0 radical (unpaired) electrons. The molecule has 2 aromatic rings. The number of rotatable bonds is 10. The number of H-pyrrole nitrogens is 1. The van der Waals surface area contributed by atoms with Crippen molar-refractivity contribution in [3.05, 3.63) is 54.1 Å². The molecule has 29 heavy (non-hydrogen) atoms. The number of nitrogens with one attached hydrogen (secondary N) is 3. The number of aliphatic carboxylic acids is 1. The van der Waals surface area contributed by atoms with Crippen molar-refractivity contribution in [2.75, 3.05) is 0 Å². The fraction of sp³-hybridized carbons (Fsp3) is 0.278. The fourth-order valence-electron chi connectivity index (χ4n) is 2.58. The van der Waals surface area contributed by atoms with Crippen LogP contribution in [0.4, 0.5) is 0 Å². The van der Waals surface area contributed by atoms with Gasteiger partial charge >= 0.3 is 5.97 Å². The number of aromatic amines is 1. The van der Waals surface area contributed by atoms with Gasteiger partial charge in [-0.1, -0.05) is 30.3 Å². The van der Waals surface area contributed by atoms with E-state index >= 15 is 0 Å². The van der Waals surface area contributed by atoms with E-state index in [1.54, 1.807) is 30.3 Å². The van der Waals surface area contributed by atoms with E-state index in [-0.39, 0.29) is 6.42 Å². The van der Waals surface area contributed by atoms with E-state index in [9.17, 15) is 24.3 Å². The maximum atomic E-state index is 12.8. The predicted octanol–water partition coefficient (Wildman–Crippen LogP) is -1.42. The van der Waals surface area contributed by atoms with Gasteiger partial charge in [-0.15, -0.1) is 0 Å². The minimum atomic E-state index is -1.26. The number of amides is 3. The molecule has 1 aromatic heterocycles. The zero-order valence-electron chi connectivity index (χ0n) is 15.4. The van der Waals surface area contributed by atoms with Gasteiger partial charge in [0.25, 0.3) is 0 Å². The summed E-state index contributed by atoms with van der Waals surface area (Å²) in [7, 11) is 0. The zero-order chi connectivity index (χ0) is 21.4. The lowest BCUT2D eigenvalue weighted by atomic mass is 10.0. The van der Waals surface area contributed by atoms with Crippen molar-refractivity contribution in [1.29, 1.82) is 0 Å². The van der Waals surface area contributed by atoms with Crippen LogP contribution in [0.15, 0.2) is 42.9 Å². The number of imidazole rings is 1. The molecule has 3 amide bonds. The maximum absolute atomic E-state index is 12.8. The Morgan fingerprint density at radius 1 is 1.10 bits per heavy atom. The van der Waals surface area contributed by atoms with Crippen LogP contribution >= 0.6 is 0 Å². The van der Waals surface area contributed by atoms with Gasteiger partial charge in [0.15, 0.2) is 0 Å². The molecule has 8 N–H and O–H groups in total. The quantitative estimate of drug-likeness (QED) is 0.281. The molecule has 3 atom stereocenters. The maximum Gasteiger partial charge on any atom is 0.326 e. The molecular weight excluding hydrogens is 380 g/mol. The van der Waals surface area contributed by atoms with Crippen LogP contribution in [0, 0.1) is 0 Å². The molecule has 0 spiro atoms. The number of aromatic nitrogens is 2. The number of nitrogens with zero attached hydrogens (tertiary/aromatic N) is 1. The summed E-state index contributed by atoms with van der Waals surface area (Å²) in [6.45, 7) is 0. The molecule has 0 aliphatic carbocycles. The summed E-state index contributed by atoms with van der Waals surface area (Å²) in [5, 5.41) is 14.3. The molecule has 0 unspecified atom stereocenters. The number of carbonyl (C=O) groups is 4. The molecule has 0 aliphatic heterocycles. The minimum absolute atomic E-state index is 0.0300. The second-order valence-corrected chi connectivity index (χ2v) is 6.31. The molecule has 0 aliphatic rings. The summed E-state index contributed by atoms with van der Waals surface area (Å²) in [5.74, 6) is -3.54. The van der Waals surface area contributed by atoms with Crippen molar-refractivity contribution in [1.82, 2.24) is 20.6 Å². The van der Waals surface area contributed by atoms with Crippen LogP contribution in [0.25, 0.3) is 0 Å². The molecule has 0 bridgehead atoms. The Morgan fingerprint density at radius 2 is 1.79 bits per heavy atom. The van der Waals surface area contributed by atoms with Crippen LogP contribution in [0.5, 0.6) is 0 Å². The van der Waals surface area contributed by atoms with Crippen LogP contribution in [-0.2, 0) is 25.6 Å². The standard InChI is InChI=1S/C18H22N6O5/c19-12(7-14(20)25)16(26)24-15(10-4-2-1-3-5-10)17(27)23-13(18(28)29)6-11-8-21-9-22-11/h1-5,8-9,12-13,15H,6-7,19H2,(H2,20,25)(H,21,22)(H,23,27)(H,24,26)(H,28,29)/t12-,13+,15+/m1/s1. The second-order valence-electron chi connectivity index (χ2n) is 6.31. The van der Waals surface area contributed by atoms with Crippen molar-refractivity contribution in [3.8, 4) is 0 Å². The van der Waals surface area contributed by atoms with Crippen LogP contribution in [0.1, 0.15) is 23.7 Å². The molecule has 0 fully saturated rings. The van der Waals surface area contributed by atoms with Crippen molar-refractivity contribution in [2.45, 2.75) is 31.0 Å². The van der Waals surface area contributed by atoms with Gasteiger partial charge in [0, 0.05) is 18.3 Å². The Bertz CT molecular complexity index is 855. The molecule has 0 saturated heterocycles. The number of hydrogen-bond acceptors (Lipinski definition) is 6. The normalized spacial score (nSPS) is 13.7. The predicted molar refractivity (Wildman–Crippen MR) is 101 cm³/mol. The highest BCUT2D eigenvalue weighted by Crippen LogP contribution is 2.14. The summed E-state index contributed by atoms with van der Waals surface area (Å²) in [6.07, 6.45) is 2.41. The van der Waals surface area contributed by atoms with Crippen molar-refractivity contribution in [3.63, 3.8) is 0 Å². The Labute approximate surface area is 165 Å². The van der Waals surface area contributed by atoms with Crippen LogP contribution in [0.2, 0.25) is 0 Å². The first-order chi connectivity index (χ1) is 13.8. The molecule has 11 nitrogen and oxygen atoms in total. The summed E-state index contributed by atoms with van der Waals surface area (Å²) >= 11 is 0. The zero-order valence-corrected chi connectivity index (χ0v) is 15.4. The van der Waals surface area contributed by atoms with E-state index in [2.05, 4.69) is 20.6 Å². The largest absolute Gasteiger partial charge is 0.480 e. The van der Waals surface area contributed by atoms with Crippen LogP contribution in [-0.4, -0.2) is 50.8 Å². The first-order valence-corrected chi connectivity index (χ1v) is 8.67. The van der Waals surface area contributed by atoms with Crippen molar-refractivity contribution < 1.29 is 24.3 Å². The average molecular weight is 402 g/mol. The number of benzene rings is 1. The minimum Gasteiger partial charge on any atom is -0.480 e. The molecule has 1 heterocycles. The lowest BCUT2D eigenvalue weighted by Gasteiger charge is -2.23. The van der Waals surface area contributed by atoms with Gasteiger partial charge in [0.05, 0.1) is 18.8 Å². The average Bonchev–Trinajstić information content (AvgIpc) is 3.18. The summed E-state index contributed by atoms with van der Waals surface area (Å²) < 4.78 is 0. The third-order valence-electron chi connectivity index (χ3n) is 4.03. The first kappa shape index (κ1) is 21.6. The van der Waals surface area contributed by atoms with Gasteiger partial charge in [-0.2, -0.15) is 0 Å². The highest BCUT2D eigenvalue weighted by atomic mass is 16.4. The van der Waals surface area contributed by atoms with Crippen molar-refractivity contribution >= 4 is 23.7 Å². The molecular formula is C18H22N6O5. The SMILES string of the molecule is NC(=O)C[C@@H](N)C(=O)N[C@H](C(=O)N[C@@H](Cc1cnc[nH]1)C(=O)O)c1ccccc1. The van der Waals surface area contributed by atoms with Crippen LogP contribution < -0.4 is 22.1 Å². The summed E-state index contributed by atoms with van der Waals surface area (Å²) in [6, 6.07) is 4.50. The number of carbonyl (C=O) groups excluding carboxylic acids is 3. The lowest BCUT2D eigenvalue weighted by Crippen LogP contribution is -2.51. The smallest absolute Gasteiger partial charge is 0.326 e. The summed E-state index contributed by atoms with van der Waals surface area (Å²) in [5.41, 5.74) is 11.6. The fourth-order valence-corrected chi connectivity index (χ4v) is 2.58. The van der Waals surface area contributed by atoms with Gasteiger partial charge in [-0.05, 0) is 5.56 Å². The van der Waals surface area contributed by atoms with Gasteiger partial charge in [0.2, 0.25) is 17.7 Å². The number of hydrogen-bond donors (Lipinski definition) is 6. The highest BCUT2D eigenvalue weighted by molar-refractivity contribution is 5.94. The Morgan fingerprint density at radius 3 is 2.34 bits per heavy atom. The number of primary amides is 1. The van der Waals surface area contributed by atoms with E-state index in [1.807, 2.05) is 0 Å². The third kappa shape index (κ3) is 6.43. The molecule has 2 rings (SSSR count). The van der Waals surface area contributed by atoms with Crippen molar-refractivity contribution in [2.24, 2.45) is 11.5 Å². The Hall–Kier alpha value is -3.73. The van der Waals surface area contributed by atoms with E-state index in [4.69, 9.17) is 11.5 Å². The Kier molecular flexibility index (Phi) is 7.43. The van der Waals surface area contributed by atoms with Gasteiger partial charge in [0.1, 0.15) is 12.1 Å². The molecule has 0 saturated carbocycles. The Balaban J connectivity index is 2.18. The summed E-state index contributed by atoms with van der Waals surface area (Å²) in [4.78, 5) is 54.2. The number of nitrogens with two attached hydrogens (primary N) is 2. The van der Waals surface area contributed by atoms with E-state index < -0.39 is 48.2 Å². The molecule has 11 heteroatoms. The lowest BCUT2D eigenvalue weighted by molar-refractivity contribution is -0.142. The van der Waals surface area contributed by atoms with E-state index in [0.29, 0.717) is 11.3 Å². The highest BCUT2D eigenvalue weighted by Gasteiger charge is 2.29. The monoisotopic (exact) mass is 402 g/mol. The number of carboxylic acids is 1. The molecule has 1 aromatic carbocycles. The topological polar surface area (TPSA) is 193 Å². The van der Waals surface area contributed by atoms with E-state index in [0.717, 1.165) is 0 Å². The third-order valence-corrected chi connectivity index (χ3v) is 4.03. The van der Waals surface area contributed by atoms with Crippen LogP contribution in [0.3, 0.4) is 0 Å². The van der Waals surface area contributed by atoms with E-state index in [1.165, 1.54) is 12.5 Å². The van der Waals surface area contributed by atoms with Gasteiger partial charge in [-0.25, -0.2) is 9.78 Å². The van der Waals surface area contributed by atoms with Gasteiger partial charge in [-0.3, -0.25) is 14.4 Å².